The number of hydrogen-bond donors (Lipinski definition) is 0. The van der Waals surface area contributed by atoms with Crippen molar-refractivity contribution in [1.82, 2.24) is 4.98 Å². The Morgan fingerprint density at radius 2 is 1.64 bits per heavy atom. The van der Waals surface area contributed by atoms with E-state index >= 15 is 0 Å². The van der Waals surface area contributed by atoms with Crippen LogP contribution in [0.25, 0.3) is 22.0 Å². The van der Waals surface area contributed by atoms with E-state index in [9.17, 15) is 4.79 Å². The van der Waals surface area contributed by atoms with E-state index in [1.807, 2.05) is 48.5 Å². The summed E-state index contributed by atoms with van der Waals surface area (Å²) in [5.41, 5.74) is 3.10. The van der Waals surface area contributed by atoms with E-state index in [0.29, 0.717) is 16.9 Å². The fraction of sp³-hybridized carbons (Fsp3) is 0.0417. The van der Waals surface area contributed by atoms with E-state index in [2.05, 4.69) is 18.2 Å². The molecule has 0 saturated carbocycles. The number of pyridine rings is 1. The highest BCUT2D eigenvalue weighted by molar-refractivity contribution is 8.00. The average molecular weight is 380 g/mol. The van der Waals surface area contributed by atoms with Gasteiger partial charge in [-0.1, -0.05) is 78.5 Å². The van der Waals surface area contributed by atoms with Crippen molar-refractivity contribution in [3.8, 4) is 17.3 Å². The Bertz CT molecular complexity index is 1180. The Morgan fingerprint density at radius 1 is 0.929 bits per heavy atom. The molecule has 0 radical (unpaired) electrons. The van der Waals surface area contributed by atoms with Crippen molar-refractivity contribution in [1.29, 1.82) is 5.26 Å². The molecule has 3 aromatic carbocycles. The summed E-state index contributed by atoms with van der Waals surface area (Å²) in [5.74, 6) is 0.312. The number of fused-ring (bicyclic) bond motifs is 1. The molecule has 28 heavy (non-hydrogen) atoms. The first-order valence-corrected chi connectivity index (χ1v) is 9.84. The van der Waals surface area contributed by atoms with Gasteiger partial charge in [0, 0.05) is 16.5 Å². The number of thioether (sulfide) groups is 1. The van der Waals surface area contributed by atoms with Crippen molar-refractivity contribution in [3.05, 3.63) is 96.1 Å². The van der Waals surface area contributed by atoms with Crippen LogP contribution in [0.3, 0.4) is 0 Å². The highest BCUT2D eigenvalue weighted by Gasteiger charge is 2.12. The third kappa shape index (κ3) is 3.80. The van der Waals surface area contributed by atoms with Crippen molar-refractivity contribution in [2.75, 3.05) is 5.75 Å². The van der Waals surface area contributed by atoms with E-state index in [1.165, 1.54) is 11.8 Å². The first kappa shape index (κ1) is 18.0. The Hall–Kier alpha value is -3.42. The third-order valence-corrected chi connectivity index (χ3v) is 5.44. The summed E-state index contributed by atoms with van der Waals surface area (Å²) in [7, 11) is 0. The second kappa shape index (κ2) is 8.08. The van der Waals surface area contributed by atoms with Crippen LogP contribution in [-0.2, 0) is 0 Å². The van der Waals surface area contributed by atoms with Crippen molar-refractivity contribution in [3.63, 3.8) is 0 Å². The quantitative estimate of drug-likeness (QED) is 0.327. The second-order valence-corrected chi connectivity index (χ2v) is 7.26. The molecule has 0 aliphatic carbocycles. The fourth-order valence-electron chi connectivity index (χ4n) is 2.98. The predicted molar refractivity (Wildman–Crippen MR) is 113 cm³/mol. The lowest BCUT2D eigenvalue weighted by atomic mass is 10.1. The third-order valence-electron chi connectivity index (χ3n) is 4.45. The first-order chi connectivity index (χ1) is 13.7. The molecule has 0 fully saturated rings. The van der Waals surface area contributed by atoms with Crippen molar-refractivity contribution >= 4 is 28.3 Å². The smallest absolute Gasteiger partial charge is 0.173 e. The van der Waals surface area contributed by atoms with Crippen LogP contribution in [0, 0.1) is 11.3 Å². The van der Waals surface area contributed by atoms with E-state index in [1.54, 1.807) is 24.3 Å². The minimum Gasteiger partial charge on any atom is -0.293 e. The van der Waals surface area contributed by atoms with Crippen LogP contribution in [0.2, 0.25) is 0 Å². The van der Waals surface area contributed by atoms with Gasteiger partial charge in [0.1, 0.15) is 5.03 Å². The second-order valence-electron chi connectivity index (χ2n) is 6.30. The maximum absolute atomic E-state index is 12.6. The average Bonchev–Trinajstić information content (AvgIpc) is 2.77. The van der Waals surface area contributed by atoms with E-state index in [-0.39, 0.29) is 5.78 Å². The molecule has 3 nitrogen and oxygen atoms in total. The van der Waals surface area contributed by atoms with Gasteiger partial charge in [0.05, 0.1) is 23.1 Å². The minimum absolute atomic E-state index is 0.0190. The van der Waals surface area contributed by atoms with Crippen LogP contribution in [0.1, 0.15) is 15.9 Å². The molecule has 0 aliphatic heterocycles. The Morgan fingerprint density at radius 3 is 2.39 bits per heavy atom. The molecular formula is C24H16N2OS. The number of carbonyl (C=O) groups excluding carboxylic acids is 1. The molecule has 0 spiro atoms. The van der Waals surface area contributed by atoms with Gasteiger partial charge in [-0.25, -0.2) is 4.98 Å². The number of nitriles is 1. The van der Waals surface area contributed by atoms with Gasteiger partial charge in [-0.3, -0.25) is 4.79 Å². The molecular weight excluding hydrogens is 364 g/mol. The fourth-order valence-corrected chi connectivity index (χ4v) is 3.92. The van der Waals surface area contributed by atoms with Gasteiger partial charge >= 0.3 is 0 Å². The van der Waals surface area contributed by atoms with Crippen molar-refractivity contribution in [2.45, 2.75) is 5.03 Å². The molecule has 0 bridgehead atoms. The van der Waals surface area contributed by atoms with Crippen LogP contribution >= 0.6 is 11.8 Å². The standard InChI is InChI=1S/C24H16N2OS/c25-15-17-10-12-19(13-11-17)23(27)16-28-24-21-9-5-4-8-20(21)14-22(26-24)18-6-2-1-3-7-18/h1-14H,16H2. The molecule has 1 aromatic heterocycles. The predicted octanol–water partition coefficient (Wildman–Crippen LogP) is 5.75. The summed E-state index contributed by atoms with van der Waals surface area (Å²) < 4.78 is 0. The minimum atomic E-state index is 0.0190. The van der Waals surface area contributed by atoms with Crippen LogP contribution in [0.5, 0.6) is 0 Å². The summed E-state index contributed by atoms with van der Waals surface area (Å²) in [6, 6.07) is 29.0. The number of Topliss-reactive ketones (excluding diaryl/α,β-unsaturated/α-hetero) is 1. The number of carbonyl (C=O) groups is 1. The molecule has 0 atom stereocenters. The molecule has 4 aromatic rings. The Kier molecular flexibility index (Phi) is 5.18. The molecule has 4 heteroatoms. The molecule has 0 amide bonds. The lowest BCUT2D eigenvalue weighted by molar-refractivity contribution is 0.102. The molecule has 1 heterocycles. The van der Waals surface area contributed by atoms with E-state index in [4.69, 9.17) is 10.2 Å². The van der Waals surface area contributed by atoms with Crippen LogP contribution in [0.4, 0.5) is 0 Å². The van der Waals surface area contributed by atoms with Gasteiger partial charge in [-0.15, -0.1) is 0 Å². The van der Waals surface area contributed by atoms with Gasteiger partial charge in [-0.05, 0) is 23.6 Å². The normalized spacial score (nSPS) is 10.5. The summed E-state index contributed by atoms with van der Waals surface area (Å²) in [6.07, 6.45) is 0. The number of nitrogens with zero attached hydrogens (tertiary/aromatic N) is 2. The monoisotopic (exact) mass is 380 g/mol. The number of rotatable bonds is 5. The molecule has 0 saturated heterocycles. The lowest BCUT2D eigenvalue weighted by Gasteiger charge is -2.09. The topological polar surface area (TPSA) is 53.8 Å². The summed E-state index contributed by atoms with van der Waals surface area (Å²) in [5, 5.41) is 11.9. The molecule has 134 valence electrons. The maximum atomic E-state index is 12.6. The zero-order chi connectivity index (χ0) is 19.3. The van der Waals surface area contributed by atoms with Gasteiger partial charge in [0.25, 0.3) is 0 Å². The highest BCUT2D eigenvalue weighted by Crippen LogP contribution is 2.31. The number of benzene rings is 3. The van der Waals surface area contributed by atoms with E-state index in [0.717, 1.165) is 27.1 Å². The molecule has 0 aliphatic rings. The Balaban J connectivity index is 1.64. The van der Waals surface area contributed by atoms with Gasteiger partial charge in [0.15, 0.2) is 5.78 Å². The summed E-state index contributed by atoms with van der Waals surface area (Å²) in [4.78, 5) is 17.4. The van der Waals surface area contributed by atoms with Crippen LogP contribution in [0.15, 0.2) is 90.0 Å². The van der Waals surface area contributed by atoms with Crippen LogP contribution in [-0.4, -0.2) is 16.5 Å². The molecule has 0 unspecified atom stereocenters. The first-order valence-electron chi connectivity index (χ1n) is 8.86. The maximum Gasteiger partial charge on any atom is 0.173 e. The van der Waals surface area contributed by atoms with Gasteiger partial charge in [-0.2, -0.15) is 5.26 Å². The summed E-state index contributed by atoms with van der Waals surface area (Å²) in [6.45, 7) is 0. The highest BCUT2D eigenvalue weighted by atomic mass is 32.2. The zero-order valence-electron chi connectivity index (χ0n) is 15.0. The number of hydrogen-bond acceptors (Lipinski definition) is 4. The SMILES string of the molecule is N#Cc1ccc(C(=O)CSc2nc(-c3ccccc3)cc3ccccc23)cc1. The van der Waals surface area contributed by atoms with E-state index < -0.39 is 0 Å². The summed E-state index contributed by atoms with van der Waals surface area (Å²) >= 11 is 1.45. The van der Waals surface area contributed by atoms with Gasteiger partial charge in [0.2, 0.25) is 0 Å². The van der Waals surface area contributed by atoms with Crippen molar-refractivity contribution in [2.24, 2.45) is 0 Å². The number of aromatic nitrogens is 1. The van der Waals surface area contributed by atoms with Crippen molar-refractivity contribution < 1.29 is 4.79 Å². The Labute approximate surface area is 167 Å². The molecule has 4 rings (SSSR count). The van der Waals surface area contributed by atoms with Gasteiger partial charge < -0.3 is 0 Å². The zero-order valence-corrected chi connectivity index (χ0v) is 15.8. The number of ketones is 1. The molecule has 0 N–H and O–H groups in total. The largest absolute Gasteiger partial charge is 0.293 e. The van der Waals surface area contributed by atoms with Crippen LogP contribution < -0.4 is 0 Å². The lowest BCUT2D eigenvalue weighted by Crippen LogP contribution is -2.03.